The van der Waals surface area contributed by atoms with E-state index in [0.717, 1.165) is 22.3 Å². The molecule has 0 saturated heterocycles. The van der Waals surface area contributed by atoms with Gasteiger partial charge in [0.05, 0.1) is 17.9 Å². The number of ketones is 3. The molecule has 0 unspecified atom stereocenters. The fourth-order valence-corrected chi connectivity index (χ4v) is 7.71. The van der Waals surface area contributed by atoms with E-state index in [1.54, 1.807) is 19.1 Å². The highest BCUT2D eigenvalue weighted by Crippen LogP contribution is 2.23. The Hall–Kier alpha value is -4.73. The molecular formula is C45H61N3O8S. The number of nitriles is 1. The molecular weight excluding hydrogens is 743 g/mol. The van der Waals surface area contributed by atoms with E-state index >= 15 is 0 Å². The topological polar surface area (TPSA) is 179 Å². The van der Waals surface area contributed by atoms with Crippen molar-refractivity contribution in [2.75, 3.05) is 18.8 Å². The number of carbonyl (C=O) groups excluding carboxylic acids is 5. The van der Waals surface area contributed by atoms with Crippen LogP contribution in [0.3, 0.4) is 0 Å². The van der Waals surface area contributed by atoms with E-state index in [-0.39, 0.29) is 93.5 Å². The van der Waals surface area contributed by atoms with Crippen molar-refractivity contribution in [3.05, 3.63) is 89.0 Å². The van der Waals surface area contributed by atoms with E-state index in [4.69, 9.17) is 0 Å². The minimum Gasteiger partial charge on any atom is -0.392 e. The van der Waals surface area contributed by atoms with Crippen molar-refractivity contribution >= 4 is 45.3 Å². The van der Waals surface area contributed by atoms with Gasteiger partial charge in [-0.15, -0.1) is 0 Å². The average Bonchev–Trinajstić information content (AvgIpc) is 3.16. The van der Waals surface area contributed by atoms with Crippen molar-refractivity contribution in [2.45, 2.75) is 105 Å². The normalized spacial score (nSPS) is 13.9. The van der Waals surface area contributed by atoms with Gasteiger partial charge in [0.1, 0.15) is 18.1 Å². The summed E-state index contributed by atoms with van der Waals surface area (Å²) in [6.45, 7) is 10.4. The lowest BCUT2D eigenvalue weighted by Crippen LogP contribution is -2.43. The monoisotopic (exact) mass is 803 g/mol. The maximum atomic E-state index is 13.6. The van der Waals surface area contributed by atoms with Crippen LogP contribution >= 0.6 is 0 Å². The number of aliphatic hydroxyl groups excluding tert-OH is 1. The number of rotatable bonds is 26. The lowest BCUT2D eigenvalue weighted by atomic mass is 9.90. The van der Waals surface area contributed by atoms with E-state index in [1.165, 1.54) is 6.08 Å². The van der Waals surface area contributed by atoms with Crippen molar-refractivity contribution in [1.82, 2.24) is 9.62 Å². The number of hydrogen-bond donors (Lipinski definition) is 2. The molecule has 0 spiro atoms. The van der Waals surface area contributed by atoms with Gasteiger partial charge >= 0.3 is 0 Å². The maximum absolute atomic E-state index is 13.6. The third kappa shape index (κ3) is 17.9. The molecule has 2 N–H and O–H groups in total. The molecule has 2 aromatic carbocycles. The van der Waals surface area contributed by atoms with Crippen LogP contribution in [0.5, 0.6) is 0 Å². The molecule has 0 radical (unpaired) electrons. The quantitative estimate of drug-likeness (QED) is 0.0779. The molecule has 310 valence electrons. The third-order valence-corrected chi connectivity index (χ3v) is 11.7. The molecule has 0 aromatic heterocycles. The summed E-state index contributed by atoms with van der Waals surface area (Å²) in [6, 6.07) is 17.3. The molecule has 0 bridgehead atoms. The standard InChI is InChI=1S/C45H61N3O8S/c1-7-40(49)16-12-26-57(55,56)48(25-23-46)45(54)39(27-32(2)3)31-42(51)22-24-47-44(53)38(29-37-21-18-33(4)35(6)28-37)30-41(50)15-11-17-43(52)34(5)19-20-36-13-9-8-10-14-36/h8-11,13-15,18-21,28,32,34,38-39,43,52H,7,12,16-17,22,24-27,29-31H2,1-6H3,(H,47,53)/b15-11+,20-19+/t34-,38+,39-,43+/m1/s1. The molecule has 2 rings (SSSR count). The highest BCUT2D eigenvalue weighted by atomic mass is 32.2. The first-order valence-corrected chi connectivity index (χ1v) is 21.5. The minimum absolute atomic E-state index is 0.0138. The summed E-state index contributed by atoms with van der Waals surface area (Å²) in [5.41, 5.74) is 4.04. The Morgan fingerprint density at radius 3 is 2.26 bits per heavy atom. The van der Waals surface area contributed by atoms with Gasteiger partial charge in [-0.1, -0.05) is 94.5 Å². The number of sulfonamides is 1. The van der Waals surface area contributed by atoms with Crippen molar-refractivity contribution < 1.29 is 37.5 Å². The molecule has 0 saturated carbocycles. The first-order valence-electron chi connectivity index (χ1n) is 19.9. The van der Waals surface area contributed by atoms with Crippen LogP contribution in [0, 0.1) is 48.9 Å². The fraction of sp³-hybridized carbons (Fsp3) is 0.511. The summed E-state index contributed by atoms with van der Waals surface area (Å²) in [5, 5.41) is 22.8. The number of amides is 2. The summed E-state index contributed by atoms with van der Waals surface area (Å²) in [7, 11) is -4.22. The van der Waals surface area contributed by atoms with Crippen molar-refractivity contribution in [2.24, 2.45) is 23.7 Å². The molecule has 11 nitrogen and oxygen atoms in total. The number of allylic oxidation sites excluding steroid dienone is 1. The number of hydrogen-bond acceptors (Lipinski definition) is 9. The molecule has 0 aliphatic heterocycles. The Morgan fingerprint density at radius 1 is 0.930 bits per heavy atom. The van der Waals surface area contributed by atoms with Gasteiger partial charge in [-0.25, -0.2) is 12.7 Å². The van der Waals surface area contributed by atoms with E-state index < -0.39 is 52.1 Å². The fourth-order valence-electron chi connectivity index (χ4n) is 6.30. The summed E-state index contributed by atoms with van der Waals surface area (Å²) >= 11 is 0. The Labute approximate surface area is 339 Å². The largest absolute Gasteiger partial charge is 0.392 e. The average molecular weight is 804 g/mol. The zero-order valence-electron chi connectivity index (χ0n) is 34.4. The van der Waals surface area contributed by atoms with Crippen LogP contribution in [-0.4, -0.2) is 71.9 Å². The number of aliphatic hydroxyl groups is 1. The van der Waals surface area contributed by atoms with Gasteiger partial charge in [0.15, 0.2) is 5.78 Å². The molecule has 0 fully saturated rings. The molecule has 0 aliphatic rings. The highest BCUT2D eigenvalue weighted by molar-refractivity contribution is 7.89. The second kappa shape index (κ2) is 24.8. The second-order valence-electron chi connectivity index (χ2n) is 15.2. The predicted octanol–water partition coefficient (Wildman–Crippen LogP) is 6.65. The van der Waals surface area contributed by atoms with Crippen LogP contribution in [-0.2, 0) is 40.4 Å². The molecule has 57 heavy (non-hydrogen) atoms. The summed E-state index contributed by atoms with van der Waals surface area (Å²) in [4.78, 5) is 65.2. The van der Waals surface area contributed by atoms with E-state index in [1.807, 2.05) is 95.3 Å². The highest BCUT2D eigenvalue weighted by Gasteiger charge is 2.34. The number of aryl methyl sites for hydroxylation is 2. The van der Waals surface area contributed by atoms with Crippen LogP contribution in [0.4, 0.5) is 0 Å². The van der Waals surface area contributed by atoms with Crippen molar-refractivity contribution in [3.63, 3.8) is 0 Å². The predicted molar refractivity (Wildman–Crippen MR) is 223 cm³/mol. The maximum Gasteiger partial charge on any atom is 0.240 e. The van der Waals surface area contributed by atoms with Gasteiger partial charge in [0.25, 0.3) is 0 Å². The number of benzene rings is 2. The zero-order chi connectivity index (χ0) is 42.5. The first kappa shape index (κ1) is 48.4. The Morgan fingerprint density at radius 2 is 1.63 bits per heavy atom. The third-order valence-electron chi connectivity index (χ3n) is 9.88. The second-order valence-corrected chi connectivity index (χ2v) is 17.3. The van der Waals surface area contributed by atoms with Gasteiger partial charge in [-0.2, -0.15) is 5.26 Å². The molecule has 2 amide bonds. The van der Waals surface area contributed by atoms with E-state index in [2.05, 4.69) is 5.32 Å². The van der Waals surface area contributed by atoms with Crippen LogP contribution in [0.25, 0.3) is 6.08 Å². The number of nitrogens with one attached hydrogen (secondary N) is 1. The molecule has 12 heteroatoms. The smallest absolute Gasteiger partial charge is 0.240 e. The van der Waals surface area contributed by atoms with Gasteiger partial charge in [0, 0.05) is 56.4 Å². The number of carbonyl (C=O) groups is 5. The van der Waals surface area contributed by atoms with Crippen molar-refractivity contribution in [3.8, 4) is 6.07 Å². The van der Waals surface area contributed by atoms with Crippen LogP contribution in [0.1, 0.15) is 101 Å². The lowest BCUT2D eigenvalue weighted by Gasteiger charge is -2.26. The van der Waals surface area contributed by atoms with Crippen LogP contribution < -0.4 is 5.32 Å². The van der Waals surface area contributed by atoms with E-state index in [9.17, 15) is 42.8 Å². The molecule has 0 heterocycles. The zero-order valence-corrected chi connectivity index (χ0v) is 35.2. The minimum atomic E-state index is -4.22. The van der Waals surface area contributed by atoms with Gasteiger partial charge in [-0.3, -0.25) is 24.0 Å². The van der Waals surface area contributed by atoms with Gasteiger partial charge in [-0.05, 0) is 73.8 Å². The first-order chi connectivity index (χ1) is 27.0. The number of Topliss-reactive ketones (excluding diaryl/α,β-unsaturated/α-hetero) is 2. The lowest BCUT2D eigenvalue weighted by molar-refractivity contribution is -0.134. The Bertz CT molecular complexity index is 1860. The summed E-state index contributed by atoms with van der Waals surface area (Å²) in [6.07, 6.45) is 6.73. The molecule has 4 atom stereocenters. The summed E-state index contributed by atoms with van der Waals surface area (Å²) < 4.78 is 26.8. The van der Waals surface area contributed by atoms with Gasteiger partial charge in [0.2, 0.25) is 21.8 Å². The summed E-state index contributed by atoms with van der Waals surface area (Å²) in [5.74, 6) is -4.46. The van der Waals surface area contributed by atoms with Crippen LogP contribution in [0.15, 0.2) is 66.8 Å². The van der Waals surface area contributed by atoms with E-state index in [0.29, 0.717) is 4.31 Å². The van der Waals surface area contributed by atoms with Crippen molar-refractivity contribution in [1.29, 1.82) is 5.26 Å². The Kier molecular flexibility index (Phi) is 21.1. The van der Waals surface area contributed by atoms with Gasteiger partial charge < -0.3 is 10.4 Å². The SMILES string of the molecule is CCC(=O)CCCS(=O)(=O)N(CC#N)C(=O)[C@@H](CC(=O)CCNC(=O)[C@H](CC(=O)/C=C/C[C@H](O)[C@H](C)/C=C/c1ccccc1)Cc1ccc(C)c(C)c1)CC(C)C. The molecule has 0 aliphatic carbocycles. The molecule has 2 aromatic rings. The Balaban J connectivity index is 2.09. The number of nitrogens with zero attached hydrogens (tertiary/aromatic N) is 2. The van der Waals surface area contributed by atoms with Crippen LogP contribution in [0.2, 0.25) is 0 Å².